The number of rotatable bonds is 6. The molecule has 6 nitrogen and oxygen atoms in total. The van der Waals surface area contributed by atoms with E-state index in [-0.39, 0.29) is 5.91 Å². The van der Waals surface area contributed by atoms with Crippen molar-refractivity contribution >= 4 is 46.6 Å². The maximum absolute atomic E-state index is 12.3. The summed E-state index contributed by atoms with van der Waals surface area (Å²) in [4.78, 5) is 12.3. The lowest BCUT2D eigenvalue weighted by Gasteiger charge is -2.10. The number of aromatic nitrogens is 4. The number of carbonyl (C=O) groups is 1. The molecule has 0 spiro atoms. The number of nitrogens with one attached hydrogen (secondary N) is 1. The molecule has 1 amide bonds. The van der Waals surface area contributed by atoms with Gasteiger partial charge in [-0.25, -0.2) is 0 Å². The van der Waals surface area contributed by atoms with Crippen LogP contribution in [0, 0.1) is 13.8 Å². The average Bonchev–Trinajstić information content (AvgIpc) is 3.04. The van der Waals surface area contributed by atoms with E-state index in [9.17, 15) is 4.79 Å². The molecule has 2 aromatic carbocycles. The summed E-state index contributed by atoms with van der Waals surface area (Å²) in [7, 11) is 0. The Kier molecular flexibility index (Phi) is 6.36. The highest BCUT2D eigenvalue weighted by molar-refractivity contribution is 7.99. The molecule has 0 saturated carbocycles. The molecule has 27 heavy (non-hydrogen) atoms. The van der Waals surface area contributed by atoms with Crippen molar-refractivity contribution in [2.75, 3.05) is 11.1 Å². The number of hydrogen-bond acceptors (Lipinski definition) is 5. The van der Waals surface area contributed by atoms with Crippen molar-refractivity contribution in [3.05, 3.63) is 63.4 Å². The summed E-state index contributed by atoms with van der Waals surface area (Å²) >= 11 is 13.5. The van der Waals surface area contributed by atoms with Crippen molar-refractivity contribution in [2.24, 2.45) is 0 Å². The molecule has 0 aliphatic carbocycles. The number of carbonyl (C=O) groups excluding carboxylic acids is 1. The van der Waals surface area contributed by atoms with Gasteiger partial charge in [0.05, 0.1) is 11.4 Å². The van der Waals surface area contributed by atoms with Crippen molar-refractivity contribution in [3.63, 3.8) is 0 Å². The predicted octanol–water partition coefficient (Wildman–Crippen LogP) is 4.46. The van der Waals surface area contributed by atoms with Gasteiger partial charge in [-0.2, -0.15) is 4.68 Å². The van der Waals surface area contributed by atoms with Gasteiger partial charge in [-0.15, -0.1) is 16.9 Å². The van der Waals surface area contributed by atoms with E-state index in [4.69, 9.17) is 23.2 Å². The van der Waals surface area contributed by atoms with Gasteiger partial charge < -0.3 is 5.32 Å². The minimum atomic E-state index is -0.0895. The molecular formula is C18H17Cl2N5OS. The molecule has 0 aliphatic rings. The molecule has 9 heteroatoms. The Morgan fingerprint density at radius 3 is 2.70 bits per heavy atom. The first-order chi connectivity index (χ1) is 12.9. The summed E-state index contributed by atoms with van der Waals surface area (Å²) in [5, 5.41) is 15.7. The van der Waals surface area contributed by atoms with E-state index < -0.39 is 0 Å². The summed E-state index contributed by atoms with van der Waals surface area (Å²) in [6, 6.07) is 11.0. The number of benzene rings is 2. The van der Waals surface area contributed by atoms with Crippen molar-refractivity contribution in [1.82, 2.24) is 20.2 Å². The van der Waals surface area contributed by atoms with Crippen LogP contribution in [0.5, 0.6) is 0 Å². The number of halogens is 2. The zero-order chi connectivity index (χ0) is 19.4. The third kappa shape index (κ3) is 5.00. The van der Waals surface area contributed by atoms with Crippen LogP contribution in [0.4, 0.5) is 5.69 Å². The number of hydrogen-bond donors (Lipinski definition) is 1. The van der Waals surface area contributed by atoms with Crippen molar-refractivity contribution in [1.29, 1.82) is 0 Å². The van der Waals surface area contributed by atoms with Gasteiger partial charge in [-0.05, 0) is 59.7 Å². The first-order valence-corrected chi connectivity index (χ1v) is 10.0. The van der Waals surface area contributed by atoms with E-state index in [1.807, 2.05) is 38.1 Å². The quantitative estimate of drug-likeness (QED) is 0.635. The SMILES string of the molecule is Cc1ccc(NC(=O)CSCc2ccc(Cl)cc2Cl)cc1-n1nnnc1C. The number of nitrogens with zero attached hydrogens (tertiary/aromatic N) is 4. The number of anilines is 1. The lowest BCUT2D eigenvalue weighted by molar-refractivity contribution is -0.113. The van der Waals surface area contributed by atoms with Crippen LogP contribution in [0.25, 0.3) is 5.69 Å². The minimum Gasteiger partial charge on any atom is -0.325 e. The summed E-state index contributed by atoms with van der Waals surface area (Å²) in [5.74, 6) is 1.53. The van der Waals surface area contributed by atoms with Crippen molar-refractivity contribution < 1.29 is 4.79 Å². The highest BCUT2D eigenvalue weighted by Gasteiger charge is 2.10. The van der Waals surface area contributed by atoms with Crippen LogP contribution < -0.4 is 5.32 Å². The number of aryl methyl sites for hydroxylation is 2. The molecule has 140 valence electrons. The van der Waals surface area contributed by atoms with Crippen LogP contribution in [0.3, 0.4) is 0 Å². The molecule has 1 aromatic heterocycles. The van der Waals surface area contributed by atoms with Crippen molar-refractivity contribution in [3.8, 4) is 5.69 Å². The molecule has 0 radical (unpaired) electrons. The highest BCUT2D eigenvalue weighted by atomic mass is 35.5. The Morgan fingerprint density at radius 1 is 1.19 bits per heavy atom. The zero-order valence-corrected chi connectivity index (χ0v) is 17.1. The molecule has 1 heterocycles. The Morgan fingerprint density at radius 2 is 2.00 bits per heavy atom. The van der Waals surface area contributed by atoms with Crippen molar-refractivity contribution in [2.45, 2.75) is 19.6 Å². The molecule has 3 aromatic rings. The second-order valence-electron chi connectivity index (χ2n) is 5.92. The van der Waals surface area contributed by atoms with E-state index in [1.54, 1.807) is 16.8 Å². The zero-order valence-electron chi connectivity index (χ0n) is 14.7. The Balaban J connectivity index is 1.60. The lowest BCUT2D eigenvalue weighted by atomic mass is 10.2. The number of thioether (sulfide) groups is 1. The van der Waals surface area contributed by atoms with Crippen LogP contribution in [-0.2, 0) is 10.5 Å². The average molecular weight is 422 g/mol. The fourth-order valence-electron chi connectivity index (χ4n) is 2.46. The van der Waals surface area contributed by atoms with Crippen LogP contribution in [-0.4, -0.2) is 31.9 Å². The normalized spacial score (nSPS) is 10.8. The van der Waals surface area contributed by atoms with E-state index in [2.05, 4.69) is 20.8 Å². The highest BCUT2D eigenvalue weighted by Crippen LogP contribution is 2.25. The largest absolute Gasteiger partial charge is 0.325 e. The molecular weight excluding hydrogens is 405 g/mol. The molecule has 0 fully saturated rings. The second-order valence-corrected chi connectivity index (χ2v) is 7.75. The Hall–Kier alpha value is -2.09. The topological polar surface area (TPSA) is 72.7 Å². The maximum atomic E-state index is 12.3. The molecule has 3 rings (SSSR count). The van der Waals surface area contributed by atoms with Gasteiger partial charge in [0, 0.05) is 21.5 Å². The number of amides is 1. The van der Waals surface area contributed by atoms with Crippen LogP contribution in [0.2, 0.25) is 10.0 Å². The van der Waals surface area contributed by atoms with Gasteiger partial charge in [-0.1, -0.05) is 35.3 Å². The monoisotopic (exact) mass is 421 g/mol. The molecule has 0 saturated heterocycles. The van der Waals surface area contributed by atoms with Gasteiger partial charge in [0.2, 0.25) is 5.91 Å². The van der Waals surface area contributed by atoms with Crippen LogP contribution in [0.1, 0.15) is 17.0 Å². The third-order valence-corrected chi connectivity index (χ3v) is 5.42. The Bertz CT molecular complexity index is 976. The number of tetrazole rings is 1. The van der Waals surface area contributed by atoms with Gasteiger partial charge in [-0.3, -0.25) is 4.79 Å². The molecule has 1 N–H and O–H groups in total. The summed E-state index contributed by atoms with van der Waals surface area (Å²) in [6.07, 6.45) is 0. The molecule has 0 aliphatic heterocycles. The molecule has 0 unspecified atom stereocenters. The van der Waals surface area contributed by atoms with Gasteiger partial charge >= 0.3 is 0 Å². The summed E-state index contributed by atoms with van der Waals surface area (Å²) < 4.78 is 1.64. The first-order valence-electron chi connectivity index (χ1n) is 8.11. The smallest absolute Gasteiger partial charge is 0.234 e. The molecule has 0 bridgehead atoms. The van der Waals surface area contributed by atoms with E-state index >= 15 is 0 Å². The molecule has 0 atom stereocenters. The van der Waals surface area contributed by atoms with Crippen LogP contribution >= 0.6 is 35.0 Å². The standard InChI is InChI=1S/C18H17Cl2N5OS/c1-11-3-6-15(8-17(11)25-12(2)22-23-24-25)21-18(26)10-27-9-13-4-5-14(19)7-16(13)20/h3-8H,9-10H2,1-2H3,(H,21,26). The summed E-state index contributed by atoms with van der Waals surface area (Å²) in [5.41, 5.74) is 3.48. The maximum Gasteiger partial charge on any atom is 0.234 e. The fraction of sp³-hybridized carbons (Fsp3) is 0.222. The Labute approximate surface area is 171 Å². The van der Waals surface area contributed by atoms with E-state index in [0.717, 1.165) is 16.8 Å². The first kappa shape index (κ1) is 19.7. The van der Waals surface area contributed by atoms with Crippen LogP contribution in [0.15, 0.2) is 36.4 Å². The summed E-state index contributed by atoms with van der Waals surface area (Å²) in [6.45, 7) is 3.79. The second kappa shape index (κ2) is 8.73. The third-order valence-electron chi connectivity index (χ3n) is 3.85. The minimum absolute atomic E-state index is 0.0895. The van der Waals surface area contributed by atoms with E-state index in [1.165, 1.54) is 11.8 Å². The van der Waals surface area contributed by atoms with Gasteiger partial charge in [0.1, 0.15) is 0 Å². The lowest BCUT2D eigenvalue weighted by Crippen LogP contribution is -2.15. The fourth-order valence-corrected chi connectivity index (χ4v) is 3.84. The predicted molar refractivity (Wildman–Crippen MR) is 110 cm³/mol. The van der Waals surface area contributed by atoms with E-state index in [0.29, 0.717) is 33.1 Å². The van der Waals surface area contributed by atoms with Gasteiger partial charge in [0.25, 0.3) is 0 Å². The van der Waals surface area contributed by atoms with Gasteiger partial charge in [0.15, 0.2) is 5.82 Å².